The Labute approximate surface area is 92.6 Å². The highest BCUT2D eigenvalue weighted by Crippen LogP contribution is 2.07. The maximum Gasteiger partial charge on any atom is 0.141 e. The lowest BCUT2D eigenvalue weighted by molar-refractivity contribution is -0.120. The Morgan fingerprint density at radius 1 is 1.13 bits per heavy atom. The topological polar surface area (TPSA) is 49.7 Å². The summed E-state index contributed by atoms with van der Waals surface area (Å²) in [7, 11) is 0. The zero-order valence-corrected chi connectivity index (χ0v) is 10.4. The van der Waals surface area contributed by atoms with E-state index in [1.807, 2.05) is 27.7 Å². The van der Waals surface area contributed by atoms with Crippen LogP contribution in [0.4, 0.5) is 0 Å². The lowest BCUT2D eigenvalue weighted by Gasteiger charge is -2.12. The Balaban J connectivity index is 4.41. The molecule has 15 heavy (non-hydrogen) atoms. The first kappa shape index (κ1) is 14.3. The highest BCUT2D eigenvalue weighted by molar-refractivity contribution is 6.03. The molecule has 0 rings (SSSR count). The number of nitrogens with zero attached hydrogens (tertiary/aromatic N) is 1. The van der Waals surface area contributed by atoms with Gasteiger partial charge in [-0.05, 0) is 12.8 Å². The summed E-state index contributed by atoms with van der Waals surface area (Å²) in [6.45, 7) is 9.93. The van der Waals surface area contributed by atoms with Crippen LogP contribution in [-0.2, 0) is 4.79 Å². The van der Waals surface area contributed by atoms with E-state index in [0.717, 1.165) is 5.71 Å². The highest BCUT2D eigenvalue weighted by Gasteiger charge is 2.14. The molecule has 0 aliphatic rings. The normalized spacial score (nSPS) is 14.8. The number of aliphatic imine (C=N–C) groups is 1. The largest absolute Gasteiger partial charge is 0.391 e. The van der Waals surface area contributed by atoms with Crippen molar-refractivity contribution in [2.75, 3.05) is 6.54 Å². The molecule has 0 aromatic rings. The molecule has 1 N–H and O–H groups in total. The van der Waals surface area contributed by atoms with Gasteiger partial charge in [0, 0.05) is 18.1 Å². The highest BCUT2D eigenvalue weighted by atomic mass is 16.3. The van der Waals surface area contributed by atoms with Crippen molar-refractivity contribution in [3.8, 4) is 0 Å². The minimum atomic E-state index is -0.437. The van der Waals surface area contributed by atoms with E-state index >= 15 is 0 Å². The zero-order chi connectivity index (χ0) is 12.0. The van der Waals surface area contributed by atoms with Crippen LogP contribution in [0.2, 0.25) is 0 Å². The Kier molecular flexibility index (Phi) is 6.41. The van der Waals surface area contributed by atoms with Crippen LogP contribution in [0.3, 0.4) is 0 Å². The van der Waals surface area contributed by atoms with Gasteiger partial charge in [-0.1, -0.05) is 27.7 Å². The molecule has 1 atom stereocenters. The predicted molar refractivity (Wildman–Crippen MR) is 63.3 cm³/mol. The lowest BCUT2D eigenvalue weighted by atomic mass is 9.97. The van der Waals surface area contributed by atoms with Gasteiger partial charge < -0.3 is 5.11 Å². The van der Waals surface area contributed by atoms with E-state index in [9.17, 15) is 4.79 Å². The van der Waals surface area contributed by atoms with Crippen molar-refractivity contribution in [1.82, 2.24) is 0 Å². The van der Waals surface area contributed by atoms with Gasteiger partial charge in [0.15, 0.2) is 0 Å². The fourth-order valence-corrected chi connectivity index (χ4v) is 1.07. The van der Waals surface area contributed by atoms with Gasteiger partial charge in [0.25, 0.3) is 0 Å². The first-order chi connectivity index (χ1) is 6.84. The number of aliphatic hydroxyl groups is 1. The molecular weight excluding hydrogens is 190 g/mol. The van der Waals surface area contributed by atoms with E-state index < -0.39 is 6.10 Å². The van der Waals surface area contributed by atoms with Crippen molar-refractivity contribution in [3.63, 3.8) is 0 Å². The third kappa shape index (κ3) is 6.39. The maximum absolute atomic E-state index is 11.6. The van der Waals surface area contributed by atoms with Crippen LogP contribution in [0.15, 0.2) is 4.99 Å². The number of hydrogen-bond acceptors (Lipinski definition) is 3. The van der Waals surface area contributed by atoms with Gasteiger partial charge in [0.2, 0.25) is 0 Å². The van der Waals surface area contributed by atoms with Gasteiger partial charge in [0.05, 0.1) is 12.6 Å². The summed E-state index contributed by atoms with van der Waals surface area (Å²) in [6, 6.07) is 0. The Morgan fingerprint density at radius 3 is 2.00 bits per heavy atom. The van der Waals surface area contributed by atoms with Gasteiger partial charge >= 0.3 is 0 Å². The van der Waals surface area contributed by atoms with Crippen molar-refractivity contribution in [1.29, 1.82) is 0 Å². The average molecular weight is 213 g/mol. The van der Waals surface area contributed by atoms with Crippen LogP contribution < -0.4 is 0 Å². The lowest BCUT2D eigenvalue weighted by Crippen LogP contribution is -2.19. The van der Waals surface area contributed by atoms with E-state index in [0.29, 0.717) is 13.0 Å². The zero-order valence-electron chi connectivity index (χ0n) is 10.4. The molecule has 88 valence electrons. The fourth-order valence-electron chi connectivity index (χ4n) is 1.07. The van der Waals surface area contributed by atoms with Gasteiger partial charge in [-0.2, -0.15) is 0 Å². The molecule has 0 saturated carbocycles. The first-order valence-corrected chi connectivity index (χ1v) is 5.58. The molecule has 0 bridgehead atoms. The van der Waals surface area contributed by atoms with Gasteiger partial charge in [-0.25, -0.2) is 0 Å². The monoisotopic (exact) mass is 213 g/mol. The van der Waals surface area contributed by atoms with Crippen LogP contribution in [0, 0.1) is 11.8 Å². The van der Waals surface area contributed by atoms with Gasteiger partial charge in [-0.3, -0.25) is 9.79 Å². The summed E-state index contributed by atoms with van der Waals surface area (Å²) in [5.41, 5.74) is 0.898. The second kappa shape index (κ2) is 6.72. The molecular formula is C12H23NO2. The van der Waals surface area contributed by atoms with Gasteiger partial charge in [-0.15, -0.1) is 0 Å². The second-order valence-electron chi connectivity index (χ2n) is 4.63. The summed E-state index contributed by atoms with van der Waals surface area (Å²) in [5.74, 6) is 0.542. The van der Waals surface area contributed by atoms with E-state index in [2.05, 4.69) is 4.99 Å². The summed E-state index contributed by atoms with van der Waals surface area (Å²) >= 11 is 0. The number of ketones is 1. The summed E-state index contributed by atoms with van der Waals surface area (Å²) in [6.07, 6.45) is -0.0184. The number of hydrogen-bond donors (Lipinski definition) is 1. The Morgan fingerprint density at radius 2 is 1.67 bits per heavy atom. The minimum absolute atomic E-state index is 0.0560. The number of carbonyl (C=O) groups is 1. The van der Waals surface area contributed by atoms with Crippen LogP contribution >= 0.6 is 0 Å². The quantitative estimate of drug-likeness (QED) is 0.687. The smallest absolute Gasteiger partial charge is 0.141 e. The SMILES string of the molecule is CC(C)C(=O)CC(=NC[C@@H](C)O)C(C)C. The summed E-state index contributed by atoms with van der Waals surface area (Å²) < 4.78 is 0. The summed E-state index contributed by atoms with van der Waals surface area (Å²) in [4.78, 5) is 15.8. The Bertz CT molecular complexity index is 230. The average Bonchev–Trinajstić information content (AvgIpc) is 2.10. The molecule has 3 nitrogen and oxygen atoms in total. The first-order valence-electron chi connectivity index (χ1n) is 5.58. The molecule has 0 radical (unpaired) electrons. The van der Waals surface area contributed by atoms with Crippen molar-refractivity contribution in [2.24, 2.45) is 16.8 Å². The number of Topliss-reactive ketones (excluding diaryl/α,β-unsaturated/α-hetero) is 1. The second-order valence-corrected chi connectivity index (χ2v) is 4.63. The molecule has 3 heteroatoms. The molecule has 0 aromatic heterocycles. The van der Waals surface area contributed by atoms with Crippen LogP contribution in [0.25, 0.3) is 0 Å². The maximum atomic E-state index is 11.6. The van der Waals surface area contributed by atoms with Crippen LogP contribution in [-0.4, -0.2) is 29.3 Å². The van der Waals surface area contributed by atoms with Crippen LogP contribution in [0.5, 0.6) is 0 Å². The standard InChI is InChI=1S/C12H23NO2/c1-8(2)11(13-7-10(5)14)6-12(15)9(3)4/h8-10,14H,6-7H2,1-5H3/t10-/m1/s1. The van der Waals surface area contributed by atoms with Crippen molar-refractivity contribution in [2.45, 2.75) is 47.1 Å². The van der Waals surface area contributed by atoms with E-state index in [1.54, 1.807) is 6.92 Å². The molecule has 0 spiro atoms. The minimum Gasteiger partial charge on any atom is -0.391 e. The molecule has 0 amide bonds. The van der Waals surface area contributed by atoms with Crippen LogP contribution in [0.1, 0.15) is 41.0 Å². The van der Waals surface area contributed by atoms with Crippen molar-refractivity contribution < 1.29 is 9.90 Å². The fraction of sp³-hybridized carbons (Fsp3) is 0.833. The third-order valence-electron chi connectivity index (χ3n) is 2.22. The molecule has 0 unspecified atom stereocenters. The number of aliphatic hydroxyl groups excluding tert-OH is 1. The molecule has 0 aliphatic heterocycles. The molecule has 0 saturated heterocycles. The summed E-state index contributed by atoms with van der Waals surface area (Å²) in [5, 5.41) is 9.13. The molecule has 0 fully saturated rings. The molecule has 0 aliphatic carbocycles. The molecule has 0 aromatic carbocycles. The van der Waals surface area contributed by atoms with Crippen molar-refractivity contribution >= 4 is 11.5 Å². The van der Waals surface area contributed by atoms with E-state index in [4.69, 9.17) is 5.11 Å². The number of carbonyl (C=O) groups excluding carboxylic acids is 1. The van der Waals surface area contributed by atoms with Crippen molar-refractivity contribution in [3.05, 3.63) is 0 Å². The van der Waals surface area contributed by atoms with E-state index in [-0.39, 0.29) is 17.6 Å². The Hall–Kier alpha value is -0.700. The predicted octanol–water partition coefficient (Wildman–Crippen LogP) is 2.08. The van der Waals surface area contributed by atoms with Gasteiger partial charge in [0.1, 0.15) is 5.78 Å². The molecule has 0 heterocycles. The third-order valence-corrected chi connectivity index (χ3v) is 2.22. The van der Waals surface area contributed by atoms with E-state index in [1.165, 1.54) is 0 Å². The number of rotatable bonds is 6.